The molecular weight excluding hydrogens is 308 g/mol. The van der Waals surface area contributed by atoms with E-state index in [0.717, 1.165) is 0 Å². The van der Waals surface area contributed by atoms with Gasteiger partial charge in [-0.3, -0.25) is 10.2 Å². The Morgan fingerprint density at radius 1 is 1.12 bits per heavy atom. The zero-order valence-electron chi connectivity index (χ0n) is 12.8. The van der Waals surface area contributed by atoms with Gasteiger partial charge in [0.1, 0.15) is 0 Å². The van der Waals surface area contributed by atoms with E-state index < -0.39 is 5.97 Å². The smallest absolute Gasteiger partial charge is 0.337 e. The molecule has 2 N–H and O–H groups in total. The summed E-state index contributed by atoms with van der Waals surface area (Å²) in [5, 5.41) is 18.7. The van der Waals surface area contributed by atoms with Crippen molar-refractivity contribution in [2.75, 3.05) is 10.4 Å². The highest BCUT2D eigenvalue weighted by molar-refractivity contribution is 6.71. The first-order chi connectivity index (χ1) is 11.6. The van der Waals surface area contributed by atoms with Gasteiger partial charge in [-0.15, -0.1) is 0 Å². The molecule has 2 aromatic carbocycles. The van der Waals surface area contributed by atoms with E-state index >= 15 is 0 Å². The van der Waals surface area contributed by atoms with Gasteiger partial charge >= 0.3 is 11.9 Å². The lowest BCUT2D eigenvalue weighted by molar-refractivity contribution is -0.112. The molecule has 0 fully saturated rings. The number of hydrogen-bond acceptors (Lipinski definition) is 5. The Hall–Kier alpha value is -3.48. The van der Waals surface area contributed by atoms with E-state index in [2.05, 4.69) is 15.6 Å². The molecule has 1 aliphatic heterocycles. The van der Waals surface area contributed by atoms with E-state index in [1.54, 1.807) is 37.3 Å². The third-order valence-electron chi connectivity index (χ3n) is 3.43. The topological polar surface area (TPSA) is 94.4 Å². The van der Waals surface area contributed by atoms with Crippen molar-refractivity contribution in [1.82, 2.24) is 0 Å². The Morgan fingerprint density at radius 3 is 2.50 bits per heavy atom. The van der Waals surface area contributed by atoms with E-state index in [4.69, 9.17) is 5.11 Å². The quantitative estimate of drug-likeness (QED) is 0.846. The van der Waals surface area contributed by atoms with Crippen molar-refractivity contribution in [3.63, 3.8) is 0 Å². The molecule has 120 valence electrons. The fourth-order valence-corrected chi connectivity index (χ4v) is 2.25. The number of benzene rings is 2. The molecule has 1 heterocycles. The first-order valence-corrected chi connectivity index (χ1v) is 7.19. The number of nitrogens with one attached hydrogen (secondary N) is 1. The third kappa shape index (κ3) is 2.87. The van der Waals surface area contributed by atoms with Crippen LogP contribution in [0.25, 0.3) is 0 Å². The van der Waals surface area contributed by atoms with Crippen molar-refractivity contribution in [3.8, 4) is 0 Å². The molecule has 0 spiro atoms. The monoisotopic (exact) mass is 322 g/mol. The van der Waals surface area contributed by atoms with Crippen LogP contribution in [0.5, 0.6) is 0 Å². The molecular formula is C17H14N4O3. The van der Waals surface area contributed by atoms with Crippen LogP contribution in [-0.2, 0) is 4.79 Å². The standard InChI is InChI=1S/C17H14N4O3/c1-11-15(16(22)21(20-11)12-7-3-2-4-8-12)19-18-14-10-6-5-9-13(14)17(23)24/h2-10,18H,1H3,(H,23,24). The van der Waals surface area contributed by atoms with E-state index in [-0.39, 0.29) is 17.2 Å². The molecule has 1 amide bonds. The average molecular weight is 322 g/mol. The zero-order chi connectivity index (χ0) is 17.1. The number of anilines is 2. The molecule has 3 rings (SSSR count). The van der Waals surface area contributed by atoms with E-state index in [1.807, 2.05) is 18.2 Å². The molecule has 2 aromatic rings. The van der Waals surface area contributed by atoms with Gasteiger partial charge in [-0.05, 0) is 31.2 Å². The summed E-state index contributed by atoms with van der Waals surface area (Å²) in [6.07, 6.45) is 0. The number of nitrogens with zero attached hydrogens (tertiary/aromatic N) is 3. The van der Waals surface area contributed by atoms with Crippen LogP contribution >= 0.6 is 0 Å². The van der Waals surface area contributed by atoms with Crippen LogP contribution in [0, 0.1) is 0 Å². The molecule has 0 saturated carbocycles. The SMILES string of the molecule is CC1=NN(c2ccccc2)C(=O)C1=NNc1ccccc1C(=O)O. The van der Waals surface area contributed by atoms with Crippen LogP contribution in [0.15, 0.2) is 64.8 Å². The van der Waals surface area contributed by atoms with Gasteiger partial charge in [0.15, 0.2) is 5.71 Å². The van der Waals surface area contributed by atoms with Crippen molar-refractivity contribution >= 4 is 34.7 Å². The van der Waals surface area contributed by atoms with Gasteiger partial charge in [-0.25, -0.2) is 4.79 Å². The molecule has 7 heteroatoms. The number of aromatic carboxylic acids is 1. The van der Waals surface area contributed by atoms with Gasteiger partial charge < -0.3 is 5.11 Å². The zero-order valence-corrected chi connectivity index (χ0v) is 12.8. The van der Waals surface area contributed by atoms with Crippen LogP contribution in [-0.4, -0.2) is 28.4 Å². The summed E-state index contributed by atoms with van der Waals surface area (Å²) in [4.78, 5) is 23.7. The molecule has 0 saturated heterocycles. The normalized spacial score (nSPS) is 15.5. The predicted molar refractivity (Wildman–Crippen MR) is 91.5 cm³/mol. The Kier molecular flexibility index (Phi) is 4.07. The molecule has 0 bridgehead atoms. The number of carbonyl (C=O) groups is 2. The fraction of sp³-hybridized carbons (Fsp3) is 0.0588. The van der Waals surface area contributed by atoms with E-state index in [1.165, 1.54) is 11.1 Å². The molecule has 0 aromatic heterocycles. The maximum absolute atomic E-state index is 12.5. The number of carbonyl (C=O) groups excluding carboxylic acids is 1. The van der Waals surface area contributed by atoms with E-state index in [0.29, 0.717) is 17.1 Å². The number of rotatable bonds is 4. The molecule has 0 atom stereocenters. The molecule has 24 heavy (non-hydrogen) atoms. The number of hydrogen-bond donors (Lipinski definition) is 2. The minimum Gasteiger partial charge on any atom is -0.478 e. The third-order valence-corrected chi connectivity index (χ3v) is 3.43. The van der Waals surface area contributed by atoms with Gasteiger partial charge in [0.25, 0.3) is 0 Å². The summed E-state index contributed by atoms with van der Waals surface area (Å²) in [5.41, 5.74) is 4.24. The Balaban J connectivity index is 1.86. The van der Waals surface area contributed by atoms with Gasteiger partial charge in [0.05, 0.1) is 22.6 Å². The molecule has 7 nitrogen and oxygen atoms in total. The highest BCUT2D eigenvalue weighted by atomic mass is 16.4. The first-order valence-electron chi connectivity index (χ1n) is 7.19. The fourth-order valence-electron chi connectivity index (χ4n) is 2.25. The van der Waals surface area contributed by atoms with Crippen LogP contribution < -0.4 is 10.4 Å². The van der Waals surface area contributed by atoms with Crippen LogP contribution in [0.3, 0.4) is 0 Å². The van der Waals surface area contributed by atoms with Crippen LogP contribution in [0.4, 0.5) is 11.4 Å². The van der Waals surface area contributed by atoms with Gasteiger partial charge in [0, 0.05) is 0 Å². The minimum absolute atomic E-state index is 0.0711. The van der Waals surface area contributed by atoms with Crippen LogP contribution in [0.2, 0.25) is 0 Å². The summed E-state index contributed by atoms with van der Waals surface area (Å²) < 4.78 is 0. The maximum Gasteiger partial charge on any atom is 0.337 e. The van der Waals surface area contributed by atoms with E-state index in [9.17, 15) is 9.59 Å². The van der Waals surface area contributed by atoms with Crippen LogP contribution in [0.1, 0.15) is 17.3 Å². The summed E-state index contributed by atoms with van der Waals surface area (Å²) in [7, 11) is 0. The number of hydrazone groups is 2. The highest BCUT2D eigenvalue weighted by Gasteiger charge is 2.30. The van der Waals surface area contributed by atoms with Crippen molar-refractivity contribution in [1.29, 1.82) is 0 Å². The van der Waals surface area contributed by atoms with Gasteiger partial charge in [-0.2, -0.15) is 15.2 Å². The Morgan fingerprint density at radius 2 is 1.79 bits per heavy atom. The highest BCUT2D eigenvalue weighted by Crippen LogP contribution is 2.20. The van der Waals surface area contributed by atoms with Gasteiger partial charge in [-0.1, -0.05) is 30.3 Å². The number of amides is 1. The second kappa shape index (κ2) is 6.33. The number of carboxylic acids is 1. The minimum atomic E-state index is -1.08. The summed E-state index contributed by atoms with van der Waals surface area (Å²) in [6.45, 7) is 1.67. The largest absolute Gasteiger partial charge is 0.478 e. The second-order valence-electron chi connectivity index (χ2n) is 5.06. The predicted octanol–water partition coefficient (Wildman–Crippen LogP) is 2.58. The molecule has 0 aliphatic carbocycles. The summed E-state index contributed by atoms with van der Waals surface area (Å²) in [6, 6.07) is 15.3. The lowest BCUT2D eigenvalue weighted by atomic mass is 10.2. The molecule has 0 unspecified atom stereocenters. The lowest BCUT2D eigenvalue weighted by Crippen LogP contribution is -2.28. The first kappa shape index (κ1) is 15.4. The average Bonchev–Trinajstić information content (AvgIpc) is 2.88. The Bertz CT molecular complexity index is 859. The number of carboxylic acid groups (broad SMARTS) is 1. The number of para-hydroxylation sites is 2. The molecule has 0 radical (unpaired) electrons. The van der Waals surface area contributed by atoms with Crippen molar-refractivity contribution in [2.24, 2.45) is 10.2 Å². The summed E-state index contributed by atoms with van der Waals surface area (Å²) in [5.74, 6) is -1.45. The Labute approximate surface area is 137 Å². The van der Waals surface area contributed by atoms with Crippen molar-refractivity contribution in [3.05, 3.63) is 60.2 Å². The summed E-state index contributed by atoms with van der Waals surface area (Å²) >= 11 is 0. The second-order valence-corrected chi connectivity index (χ2v) is 5.06. The lowest BCUT2D eigenvalue weighted by Gasteiger charge is -2.10. The molecule has 1 aliphatic rings. The van der Waals surface area contributed by atoms with Gasteiger partial charge in [0.2, 0.25) is 0 Å². The van der Waals surface area contributed by atoms with Crippen molar-refractivity contribution < 1.29 is 14.7 Å². The maximum atomic E-state index is 12.5. The van der Waals surface area contributed by atoms with Crippen molar-refractivity contribution in [2.45, 2.75) is 6.92 Å².